The first kappa shape index (κ1) is 26.5. The lowest BCUT2D eigenvalue weighted by molar-refractivity contribution is -0.192. The molecule has 4 rings (SSSR count). The fourth-order valence-electron chi connectivity index (χ4n) is 3.98. The minimum absolute atomic E-state index is 0.0354. The number of benzene rings is 2. The molecular weight excluding hydrogens is 485 g/mol. The van der Waals surface area contributed by atoms with Gasteiger partial charge in [-0.1, -0.05) is 30.3 Å². The molecule has 190 valence electrons. The molecule has 1 saturated carbocycles. The van der Waals surface area contributed by atoms with Crippen molar-refractivity contribution in [2.45, 2.75) is 36.9 Å². The summed E-state index contributed by atoms with van der Waals surface area (Å²) in [7, 11) is 0. The van der Waals surface area contributed by atoms with E-state index in [4.69, 9.17) is 15.6 Å². The van der Waals surface area contributed by atoms with E-state index in [2.05, 4.69) is 0 Å². The average Bonchev–Trinajstić information content (AvgIpc) is 3.56. The second-order valence-corrected chi connectivity index (χ2v) is 8.34. The summed E-state index contributed by atoms with van der Waals surface area (Å²) in [5, 5.41) is 7.12. The van der Waals surface area contributed by atoms with Gasteiger partial charge in [0, 0.05) is 25.4 Å². The molecule has 1 heterocycles. The van der Waals surface area contributed by atoms with E-state index in [1.165, 1.54) is 23.1 Å². The number of halogens is 7. The van der Waals surface area contributed by atoms with Crippen molar-refractivity contribution < 1.29 is 45.4 Å². The number of alkyl halides is 5. The zero-order valence-electron chi connectivity index (χ0n) is 18.0. The van der Waals surface area contributed by atoms with Gasteiger partial charge in [-0.05, 0) is 35.6 Å². The molecule has 0 radical (unpaired) electrons. The van der Waals surface area contributed by atoms with Gasteiger partial charge < -0.3 is 15.7 Å². The van der Waals surface area contributed by atoms with Crippen molar-refractivity contribution >= 4 is 11.9 Å². The molecule has 2 aromatic rings. The molecule has 2 fully saturated rings. The van der Waals surface area contributed by atoms with E-state index in [1.54, 1.807) is 24.3 Å². The molecule has 1 aliphatic heterocycles. The number of carbonyl (C=O) groups excluding carboxylic acids is 1. The minimum Gasteiger partial charge on any atom is -0.475 e. The number of nitrogens with two attached hydrogens (primary N) is 1. The van der Waals surface area contributed by atoms with Crippen LogP contribution < -0.4 is 5.73 Å². The van der Waals surface area contributed by atoms with Crippen LogP contribution in [0.2, 0.25) is 0 Å². The quantitative estimate of drug-likeness (QED) is 0.598. The van der Waals surface area contributed by atoms with Crippen LogP contribution in [-0.4, -0.2) is 53.1 Å². The molecule has 2 aliphatic rings. The lowest BCUT2D eigenvalue weighted by Crippen LogP contribution is -2.56. The fourth-order valence-corrected chi connectivity index (χ4v) is 3.98. The zero-order chi connectivity index (χ0) is 26.1. The Bertz CT molecular complexity index is 1090. The normalized spacial score (nSPS) is 23.2. The summed E-state index contributed by atoms with van der Waals surface area (Å²) in [6, 6.07) is 9.16. The SMILES string of the molecule is N[C@@H]1CN(C(=O)[C@@H]2C[C@H]2c2ccccc2-c2c(F)cccc2F)CCC1(F)F.O=C(O)C(F)(F)F. The Kier molecular flexibility index (Phi) is 7.44. The molecule has 3 atom stereocenters. The third-order valence-electron chi connectivity index (χ3n) is 5.93. The van der Waals surface area contributed by atoms with Gasteiger partial charge in [0.15, 0.2) is 0 Å². The molecular formula is C23H21F7N2O3. The van der Waals surface area contributed by atoms with E-state index in [1.807, 2.05) is 0 Å². The Morgan fingerprint density at radius 1 is 1.03 bits per heavy atom. The highest BCUT2D eigenvalue weighted by Gasteiger charge is 2.50. The predicted octanol–water partition coefficient (Wildman–Crippen LogP) is 4.56. The molecule has 0 bridgehead atoms. The van der Waals surface area contributed by atoms with Crippen molar-refractivity contribution in [3.05, 3.63) is 59.7 Å². The Labute approximate surface area is 195 Å². The summed E-state index contributed by atoms with van der Waals surface area (Å²) in [6.45, 7) is -0.217. The van der Waals surface area contributed by atoms with Crippen LogP contribution in [0, 0.1) is 17.6 Å². The first-order valence-electron chi connectivity index (χ1n) is 10.5. The van der Waals surface area contributed by atoms with Gasteiger partial charge in [-0.15, -0.1) is 0 Å². The third kappa shape index (κ3) is 5.92. The molecule has 1 amide bonds. The van der Waals surface area contributed by atoms with Gasteiger partial charge in [0.2, 0.25) is 5.91 Å². The maximum Gasteiger partial charge on any atom is 0.490 e. The summed E-state index contributed by atoms with van der Waals surface area (Å²) >= 11 is 0. The van der Waals surface area contributed by atoms with Crippen LogP contribution >= 0.6 is 0 Å². The van der Waals surface area contributed by atoms with Crippen molar-refractivity contribution in [2.24, 2.45) is 11.7 Å². The van der Waals surface area contributed by atoms with Gasteiger partial charge in [0.05, 0.1) is 11.6 Å². The van der Waals surface area contributed by atoms with Crippen molar-refractivity contribution in [3.8, 4) is 11.1 Å². The molecule has 12 heteroatoms. The Morgan fingerprint density at radius 2 is 1.60 bits per heavy atom. The molecule has 1 saturated heterocycles. The number of piperidine rings is 1. The lowest BCUT2D eigenvalue weighted by atomic mass is 9.94. The molecule has 0 unspecified atom stereocenters. The highest BCUT2D eigenvalue weighted by molar-refractivity contribution is 5.84. The molecule has 2 aromatic carbocycles. The van der Waals surface area contributed by atoms with Crippen LogP contribution in [-0.2, 0) is 9.59 Å². The number of hydrogen-bond acceptors (Lipinski definition) is 3. The number of carbonyl (C=O) groups is 2. The summed E-state index contributed by atoms with van der Waals surface area (Å²) in [5.74, 6) is -7.85. The van der Waals surface area contributed by atoms with Gasteiger partial charge in [-0.3, -0.25) is 4.79 Å². The van der Waals surface area contributed by atoms with E-state index in [9.17, 15) is 35.5 Å². The number of hydrogen-bond donors (Lipinski definition) is 2. The van der Waals surface area contributed by atoms with Crippen LogP contribution in [0.25, 0.3) is 11.1 Å². The van der Waals surface area contributed by atoms with Gasteiger partial charge in [-0.25, -0.2) is 22.4 Å². The monoisotopic (exact) mass is 506 g/mol. The molecule has 0 spiro atoms. The maximum atomic E-state index is 14.3. The van der Waals surface area contributed by atoms with E-state index in [-0.39, 0.29) is 36.4 Å². The number of carboxylic acids is 1. The summed E-state index contributed by atoms with van der Waals surface area (Å²) in [5.41, 5.74) is 6.51. The van der Waals surface area contributed by atoms with E-state index < -0.39 is 42.2 Å². The summed E-state index contributed by atoms with van der Waals surface area (Å²) in [6.07, 6.45) is -5.01. The predicted molar refractivity (Wildman–Crippen MR) is 110 cm³/mol. The second-order valence-electron chi connectivity index (χ2n) is 8.34. The van der Waals surface area contributed by atoms with Crippen LogP contribution in [0.5, 0.6) is 0 Å². The molecule has 35 heavy (non-hydrogen) atoms. The Morgan fingerprint density at radius 3 is 2.14 bits per heavy atom. The number of nitrogens with zero attached hydrogens (tertiary/aromatic N) is 1. The summed E-state index contributed by atoms with van der Waals surface area (Å²) < 4.78 is 87.4. The molecule has 5 nitrogen and oxygen atoms in total. The van der Waals surface area contributed by atoms with E-state index >= 15 is 0 Å². The van der Waals surface area contributed by atoms with Gasteiger partial charge in [0.1, 0.15) is 11.6 Å². The topological polar surface area (TPSA) is 83.6 Å². The van der Waals surface area contributed by atoms with Crippen molar-refractivity contribution in [1.29, 1.82) is 0 Å². The number of aliphatic carboxylic acids is 1. The minimum atomic E-state index is -5.08. The molecule has 1 aliphatic carbocycles. The van der Waals surface area contributed by atoms with Crippen LogP contribution in [0.4, 0.5) is 30.7 Å². The fraction of sp³-hybridized carbons (Fsp3) is 0.391. The highest BCUT2D eigenvalue weighted by Crippen LogP contribution is 2.52. The van der Waals surface area contributed by atoms with Gasteiger partial charge in [-0.2, -0.15) is 13.2 Å². The Hall–Kier alpha value is -3.15. The number of likely N-dealkylation sites (tertiary alicyclic amines) is 1. The van der Waals surface area contributed by atoms with Crippen LogP contribution in [0.1, 0.15) is 24.3 Å². The third-order valence-corrected chi connectivity index (χ3v) is 5.93. The van der Waals surface area contributed by atoms with Crippen LogP contribution in [0.15, 0.2) is 42.5 Å². The van der Waals surface area contributed by atoms with Crippen molar-refractivity contribution in [3.63, 3.8) is 0 Å². The molecule has 0 aromatic heterocycles. The second kappa shape index (κ2) is 9.84. The smallest absolute Gasteiger partial charge is 0.475 e. The number of rotatable bonds is 3. The standard InChI is InChI=1S/C21H20F4N2O.C2HF3O2/c22-16-6-3-7-17(23)19(16)13-5-2-1-4-12(13)14-10-15(14)20(28)27-9-8-21(24,25)18(26)11-27;3-2(4,5)1(6)7/h1-7,14-15,18H,8-11,26H2;(H,6,7)/t14-,15+,18+;/m0./s1. The van der Waals surface area contributed by atoms with Gasteiger partial charge >= 0.3 is 12.1 Å². The van der Waals surface area contributed by atoms with Crippen molar-refractivity contribution in [2.75, 3.05) is 13.1 Å². The number of carboxylic acid groups (broad SMARTS) is 1. The van der Waals surface area contributed by atoms with E-state index in [0.717, 1.165) is 0 Å². The van der Waals surface area contributed by atoms with Crippen LogP contribution in [0.3, 0.4) is 0 Å². The first-order chi connectivity index (χ1) is 16.2. The van der Waals surface area contributed by atoms with Gasteiger partial charge in [0.25, 0.3) is 5.92 Å². The summed E-state index contributed by atoms with van der Waals surface area (Å²) in [4.78, 5) is 23.0. The molecule has 3 N–H and O–H groups in total. The van der Waals surface area contributed by atoms with E-state index in [0.29, 0.717) is 17.5 Å². The zero-order valence-corrected chi connectivity index (χ0v) is 18.0. The Balaban J connectivity index is 0.000000429. The largest absolute Gasteiger partial charge is 0.490 e. The highest BCUT2D eigenvalue weighted by atomic mass is 19.4. The lowest BCUT2D eigenvalue weighted by Gasteiger charge is -2.36. The average molecular weight is 506 g/mol. The number of amides is 1. The maximum absolute atomic E-state index is 14.3. The van der Waals surface area contributed by atoms with Crippen molar-refractivity contribution in [1.82, 2.24) is 4.90 Å². The first-order valence-corrected chi connectivity index (χ1v) is 10.5.